The van der Waals surface area contributed by atoms with Gasteiger partial charge in [0.1, 0.15) is 5.75 Å². The first-order chi connectivity index (χ1) is 14.5. The third-order valence-electron chi connectivity index (χ3n) is 4.05. The molecular formula is C19H19BF4N2O5. The van der Waals surface area contributed by atoms with E-state index < -0.39 is 43.2 Å². The summed E-state index contributed by atoms with van der Waals surface area (Å²) in [5, 5.41) is 23.0. The van der Waals surface area contributed by atoms with Crippen molar-refractivity contribution in [2.45, 2.75) is 31.4 Å². The highest BCUT2D eigenvalue weighted by Gasteiger charge is 2.33. The third-order valence-corrected chi connectivity index (χ3v) is 4.05. The number of carbonyl (C=O) groups is 2. The molecule has 0 bridgehead atoms. The molecule has 0 aromatic heterocycles. The Bertz CT molecular complexity index is 883. The van der Waals surface area contributed by atoms with E-state index in [2.05, 4.69) is 15.4 Å². The first-order valence-electron chi connectivity index (χ1n) is 9.02. The van der Waals surface area contributed by atoms with Crippen LogP contribution in [0.3, 0.4) is 0 Å². The van der Waals surface area contributed by atoms with Gasteiger partial charge in [0.15, 0.2) is 0 Å². The fourth-order valence-electron chi connectivity index (χ4n) is 2.61. The lowest BCUT2D eigenvalue weighted by atomic mass is 9.76. The van der Waals surface area contributed by atoms with Crippen molar-refractivity contribution >= 4 is 18.9 Å². The Hall–Kier alpha value is -3.12. The van der Waals surface area contributed by atoms with Crippen molar-refractivity contribution in [1.82, 2.24) is 10.6 Å². The van der Waals surface area contributed by atoms with E-state index in [1.807, 2.05) is 0 Å². The molecule has 0 radical (unpaired) electrons. The van der Waals surface area contributed by atoms with Gasteiger partial charge < -0.3 is 25.4 Å². The van der Waals surface area contributed by atoms with Crippen molar-refractivity contribution in [2.75, 3.05) is 0 Å². The van der Waals surface area contributed by atoms with Gasteiger partial charge in [-0.15, -0.1) is 13.2 Å². The van der Waals surface area contributed by atoms with Crippen molar-refractivity contribution in [3.63, 3.8) is 0 Å². The first kappa shape index (κ1) is 24.2. The average Bonchev–Trinajstić information content (AvgIpc) is 2.70. The van der Waals surface area contributed by atoms with Crippen molar-refractivity contribution in [2.24, 2.45) is 0 Å². The van der Waals surface area contributed by atoms with Gasteiger partial charge in [-0.1, -0.05) is 42.5 Å². The van der Waals surface area contributed by atoms with Gasteiger partial charge in [0.2, 0.25) is 0 Å². The molecular weight excluding hydrogens is 423 g/mol. The Morgan fingerprint density at radius 1 is 1.00 bits per heavy atom. The lowest BCUT2D eigenvalue weighted by Gasteiger charge is -2.19. The molecule has 0 aliphatic carbocycles. The van der Waals surface area contributed by atoms with E-state index >= 15 is 0 Å². The molecule has 0 saturated heterocycles. The number of amides is 2. The quantitative estimate of drug-likeness (QED) is 0.266. The van der Waals surface area contributed by atoms with Gasteiger partial charge >= 0.3 is 13.5 Å². The number of carbonyl (C=O) groups excluding carboxylic acids is 2. The van der Waals surface area contributed by atoms with Gasteiger partial charge in [-0.05, 0) is 29.7 Å². The normalized spacial score (nSPS) is 13.1. The van der Waals surface area contributed by atoms with Gasteiger partial charge in [0.05, 0.1) is 5.94 Å². The molecule has 0 aliphatic heterocycles. The summed E-state index contributed by atoms with van der Waals surface area (Å²) in [4.78, 5) is 23.9. The monoisotopic (exact) mass is 442 g/mol. The molecule has 31 heavy (non-hydrogen) atoms. The van der Waals surface area contributed by atoms with Crippen LogP contribution in [0, 0.1) is 0 Å². The van der Waals surface area contributed by atoms with Crippen LogP contribution < -0.4 is 15.4 Å². The molecule has 0 fully saturated rings. The number of hydrogen-bond donors (Lipinski definition) is 4. The second-order valence-electron chi connectivity index (χ2n) is 6.49. The van der Waals surface area contributed by atoms with Gasteiger partial charge in [0, 0.05) is 6.54 Å². The Morgan fingerprint density at radius 2 is 1.65 bits per heavy atom. The zero-order chi connectivity index (χ0) is 23.0. The summed E-state index contributed by atoms with van der Waals surface area (Å²) in [6, 6.07) is 13.1. The van der Waals surface area contributed by atoms with Crippen LogP contribution in [0.1, 0.15) is 11.1 Å². The summed E-state index contributed by atoms with van der Waals surface area (Å²) >= 11 is 0. The highest BCUT2D eigenvalue weighted by Crippen LogP contribution is 2.23. The molecule has 166 valence electrons. The minimum absolute atomic E-state index is 0.0232. The van der Waals surface area contributed by atoms with E-state index in [0.29, 0.717) is 5.56 Å². The van der Waals surface area contributed by atoms with Gasteiger partial charge in [-0.25, -0.2) is 4.39 Å². The number of halogens is 4. The summed E-state index contributed by atoms with van der Waals surface area (Å²) < 4.78 is 54.7. The maximum atomic E-state index is 14.2. The zero-order valence-corrected chi connectivity index (χ0v) is 16.0. The molecule has 2 rings (SSSR count). The van der Waals surface area contributed by atoms with Crippen LogP contribution in [0.25, 0.3) is 0 Å². The molecule has 0 heterocycles. The number of hydrogen-bond acceptors (Lipinski definition) is 5. The van der Waals surface area contributed by atoms with Crippen LogP contribution in [0.4, 0.5) is 17.6 Å². The van der Waals surface area contributed by atoms with Crippen LogP contribution in [-0.2, 0) is 22.6 Å². The molecule has 0 spiro atoms. The van der Waals surface area contributed by atoms with Gasteiger partial charge in [-0.2, -0.15) is 0 Å². The smallest absolute Gasteiger partial charge is 0.426 e. The van der Waals surface area contributed by atoms with E-state index in [1.54, 1.807) is 30.3 Å². The Morgan fingerprint density at radius 3 is 2.26 bits per heavy atom. The maximum absolute atomic E-state index is 14.2. The summed E-state index contributed by atoms with van der Waals surface area (Å²) in [5.74, 6) is -4.52. The summed E-state index contributed by atoms with van der Waals surface area (Å²) in [6.07, 6.45) is -7.59. The predicted molar refractivity (Wildman–Crippen MR) is 102 cm³/mol. The molecule has 0 saturated carbocycles. The first-order valence-corrected chi connectivity index (χ1v) is 9.02. The molecule has 2 aromatic carbocycles. The van der Waals surface area contributed by atoms with E-state index in [1.165, 1.54) is 12.1 Å². The van der Waals surface area contributed by atoms with Crippen LogP contribution >= 0.6 is 0 Å². The van der Waals surface area contributed by atoms with Crippen molar-refractivity contribution in [1.29, 1.82) is 0 Å². The number of rotatable bonds is 9. The van der Waals surface area contributed by atoms with E-state index in [9.17, 15) is 37.2 Å². The van der Waals surface area contributed by atoms with E-state index in [0.717, 1.165) is 12.1 Å². The molecule has 1 unspecified atom stereocenters. The fourth-order valence-corrected chi connectivity index (χ4v) is 2.61. The number of alkyl halides is 4. The minimum atomic E-state index is -4.89. The largest absolute Gasteiger partial charge is 0.573 e. The zero-order valence-electron chi connectivity index (χ0n) is 16.0. The Labute approximate surface area is 175 Å². The highest BCUT2D eigenvalue weighted by atomic mass is 19.4. The predicted octanol–water partition coefficient (Wildman–Crippen LogP) is 1.28. The van der Waals surface area contributed by atoms with Crippen molar-refractivity contribution in [3.8, 4) is 5.75 Å². The molecule has 0 aliphatic rings. The number of benzene rings is 2. The molecule has 2 atom stereocenters. The summed E-state index contributed by atoms with van der Waals surface area (Å²) in [5.41, 5.74) is 0.817. The van der Waals surface area contributed by atoms with E-state index in [-0.39, 0.29) is 18.5 Å². The lowest BCUT2D eigenvalue weighted by molar-refractivity contribution is -0.274. The van der Waals surface area contributed by atoms with Crippen molar-refractivity contribution < 1.29 is 41.9 Å². The van der Waals surface area contributed by atoms with Crippen LogP contribution in [-0.4, -0.2) is 47.5 Å². The fraction of sp³-hybridized carbons (Fsp3) is 0.263. The molecule has 7 nitrogen and oxygen atoms in total. The Balaban J connectivity index is 1.91. The van der Waals surface area contributed by atoms with Crippen LogP contribution in [0.2, 0.25) is 0 Å². The second kappa shape index (κ2) is 10.8. The molecule has 4 N–H and O–H groups in total. The summed E-state index contributed by atoms with van der Waals surface area (Å²) in [6.45, 7) is -0.363. The molecule has 2 aromatic rings. The molecule has 12 heteroatoms. The minimum Gasteiger partial charge on any atom is -0.426 e. The highest BCUT2D eigenvalue weighted by molar-refractivity contribution is 6.43. The van der Waals surface area contributed by atoms with E-state index in [4.69, 9.17) is 0 Å². The average molecular weight is 442 g/mol. The third kappa shape index (κ3) is 8.26. The maximum Gasteiger partial charge on any atom is 0.573 e. The molecule has 2 amide bonds. The Kier molecular flexibility index (Phi) is 8.40. The van der Waals surface area contributed by atoms with Crippen LogP contribution in [0.15, 0.2) is 54.6 Å². The number of nitrogens with one attached hydrogen (secondary N) is 2. The van der Waals surface area contributed by atoms with Gasteiger partial charge in [-0.3, -0.25) is 9.59 Å². The van der Waals surface area contributed by atoms with Gasteiger partial charge in [0.25, 0.3) is 18.0 Å². The second-order valence-corrected chi connectivity index (χ2v) is 6.49. The standard InChI is InChI=1S/C19H19BF4N2O5/c21-16(18(28)26-15(20(29)30)10-12-5-2-1-3-6-12)17(27)25-11-13-7-4-8-14(9-13)31-19(22,23)24/h1-9,15-16,29-30H,10-11H2,(H,25,27)(H,26,28)/t15-,16?/m0/s1. The summed E-state index contributed by atoms with van der Waals surface area (Å²) in [7, 11) is -2.00. The van der Waals surface area contributed by atoms with Crippen LogP contribution in [0.5, 0.6) is 5.75 Å². The van der Waals surface area contributed by atoms with Crippen molar-refractivity contribution in [3.05, 3.63) is 65.7 Å². The number of ether oxygens (including phenoxy) is 1. The lowest BCUT2D eigenvalue weighted by Crippen LogP contribution is -2.52. The SMILES string of the molecule is O=C(NCc1cccc(OC(F)(F)F)c1)C(F)C(=O)N[C@@H](Cc1ccccc1)B(O)O. The topological polar surface area (TPSA) is 108 Å².